The number of amides is 1. The first-order chi connectivity index (χ1) is 5.84. The minimum Gasteiger partial charge on any atom is -0.337 e. The molecule has 3 rings (SSSR count). The number of nitrogens with zero attached hydrogens (tertiary/aromatic N) is 1. The van der Waals surface area contributed by atoms with Gasteiger partial charge in [-0.1, -0.05) is 0 Å². The minimum atomic E-state index is 0.407. The van der Waals surface area contributed by atoms with Gasteiger partial charge in [0.05, 0.1) is 0 Å². The monoisotopic (exact) mass is 166 g/mol. The zero-order valence-electron chi connectivity index (χ0n) is 7.12. The molecular formula is C9H14N2O. The van der Waals surface area contributed by atoms with Crippen LogP contribution in [-0.4, -0.2) is 36.0 Å². The van der Waals surface area contributed by atoms with Crippen LogP contribution in [-0.2, 0) is 4.79 Å². The average Bonchev–Trinajstić information content (AvgIpc) is 2.73. The lowest BCUT2D eigenvalue weighted by Gasteiger charge is -2.27. The van der Waals surface area contributed by atoms with Crippen molar-refractivity contribution in [3.05, 3.63) is 0 Å². The van der Waals surface area contributed by atoms with Gasteiger partial charge in [0.15, 0.2) is 0 Å². The van der Waals surface area contributed by atoms with E-state index in [2.05, 4.69) is 10.2 Å². The zero-order valence-corrected chi connectivity index (χ0v) is 7.12. The lowest BCUT2D eigenvalue weighted by molar-refractivity contribution is -0.133. The Kier molecular flexibility index (Phi) is 1.28. The molecule has 3 nitrogen and oxygen atoms in total. The van der Waals surface area contributed by atoms with E-state index < -0.39 is 0 Å². The maximum atomic E-state index is 11.7. The molecule has 2 atom stereocenters. The Morgan fingerprint density at radius 3 is 2.75 bits per heavy atom. The average molecular weight is 166 g/mol. The largest absolute Gasteiger partial charge is 0.337 e. The molecular weight excluding hydrogens is 152 g/mol. The van der Waals surface area contributed by atoms with Crippen LogP contribution in [0.2, 0.25) is 0 Å². The summed E-state index contributed by atoms with van der Waals surface area (Å²) in [6.07, 6.45) is 3.47. The van der Waals surface area contributed by atoms with E-state index in [4.69, 9.17) is 0 Å². The Morgan fingerprint density at radius 1 is 1.42 bits per heavy atom. The van der Waals surface area contributed by atoms with Gasteiger partial charge in [-0.25, -0.2) is 0 Å². The van der Waals surface area contributed by atoms with Crippen molar-refractivity contribution in [1.82, 2.24) is 10.2 Å². The smallest absolute Gasteiger partial charge is 0.226 e. The zero-order chi connectivity index (χ0) is 8.13. The number of rotatable bonds is 1. The molecule has 1 saturated carbocycles. The second kappa shape index (κ2) is 2.22. The summed E-state index contributed by atoms with van der Waals surface area (Å²) in [5.41, 5.74) is 0. The van der Waals surface area contributed by atoms with Gasteiger partial charge in [0.1, 0.15) is 0 Å². The molecule has 3 heteroatoms. The molecule has 2 bridgehead atoms. The predicted molar refractivity (Wildman–Crippen MR) is 44.6 cm³/mol. The molecule has 0 spiro atoms. The fraction of sp³-hybridized carbons (Fsp3) is 0.889. The van der Waals surface area contributed by atoms with Gasteiger partial charge < -0.3 is 10.2 Å². The number of hydrogen-bond acceptors (Lipinski definition) is 2. The van der Waals surface area contributed by atoms with Crippen LogP contribution in [0.4, 0.5) is 0 Å². The van der Waals surface area contributed by atoms with Gasteiger partial charge in [-0.15, -0.1) is 0 Å². The van der Waals surface area contributed by atoms with Gasteiger partial charge in [-0.05, 0) is 19.3 Å². The number of carbonyl (C=O) groups excluding carboxylic acids is 1. The summed E-state index contributed by atoms with van der Waals surface area (Å²) in [7, 11) is 0. The lowest BCUT2D eigenvalue weighted by Crippen LogP contribution is -2.47. The van der Waals surface area contributed by atoms with Crippen LogP contribution in [0.1, 0.15) is 19.3 Å². The van der Waals surface area contributed by atoms with Crippen molar-refractivity contribution in [2.45, 2.75) is 31.3 Å². The van der Waals surface area contributed by atoms with Crippen molar-refractivity contribution in [3.8, 4) is 0 Å². The van der Waals surface area contributed by atoms with Crippen LogP contribution >= 0.6 is 0 Å². The molecule has 1 amide bonds. The third-order valence-corrected chi connectivity index (χ3v) is 3.27. The number of likely N-dealkylation sites (tertiary alicyclic amines) is 1. The Balaban J connectivity index is 1.73. The Bertz CT molecular complexity index is 225. The first-order valence-corrected chi connectivity index (χ1v) is 4.88. The van der Waals surface area contributed by atoms with Crippen molar-refractivity contribution in [1.29, 1.82) is 0 Å². The van der Waals surface area contributed by atoms with Crippen LogP contribution in [0.15, 0.2) is 0 Å². The summed E-state index contributed by atoms with van der Waals surface area (Å²) < 4.78 is 0. The maximum Gasteiger partial charge on any atom is 0.226 e. The quantitative estimate of drug-likeness (QED) is 0.593. The molecule has 66 valence electrons. The Hall–Kier alpha value is -0.570. The number of piperazine rings is 1. The van der Waals surface area contributed by atoms with Gasteiger partial charge in [0.2, 0.25) is 5.91 Å². The van der Waals surface area contributed by atoms with E-state index in [1.807, 2.05) is 0 Å². The molecule has 2 aliphatic heterocycles. The molecule has 3 aliphatic rings. The van der Waals surface area contributed by atoms with Crippen LogP contribution in [0.5, 0.6) is 0 Å². The van der Waals surface area contributed by atoms with E-state index >= 15 is 0 Å². The van der Waals surface area contributed by atoms with Crippen LogP contribution in [0.3, 0.4) is 0 Å². The molecule has 0 aromatic carbocycles. The summed E-state index contributed by atoms with van der Waals surface area (Å²) in [5, 5.41) is 3.41. The predicted octanol–water partition coefficient (Wildman–Crippen LogP) is -0.0309. The fourth-order valence-corrected chi connectivity index (χ4v) is 2.40. The highest BCUT2D eigenvalue weighted by Gasteiger charge is 2.44. The fourth-order valence-electron chi connectivity index (χ4n) is 2.40. The van der Waals surface area contributed by atoms with E-state index in [9.17, 15) is 4.79 Å². The van der Waals surface area contributed by atoms with E-state index in [1.165, 1.54) is 6.42 Å². The van der Waals surface area contributed by atoms with E-state index in [0.717, 1.165) is 25.9 Å². The molecule has 1 aliphatic carbocycles. The SMILES string of the molecule is O=C(C1CC1)N1CC2CC1CN2. The standard InChI is InChI=1S/C9H14N2O/c12-9(6-1-2-6)11-5-7-3-8(11)4-10-7/h6-8,10H,1-5H2. The van der Waals surface area contributed by atoms with Crippen molar-refractivity contribution in [3.63, 3.8) is 0 Å². The maximum absolute atomic E-state index is 11.7. The lowest BCUT2D eigenvalue weighted by atomic mass is 10.2. The molecule has 1 N–H and O–H groups in total. The normalized spacial score (nSPS) is 39.2. The summed E-state index contributed by atoms with van der Waals surface area (Å²) in [6.45, 7) is 2.00. The minimum absolute atomic E-state index is 0.407. The second-order valence-corrected chi connectivity index (χ2v) is 4.26. The molecule has 2 unspecified atom stereocenters. The van der Waals surface area contributed by atoms with Gasteiger partial charge in [-0.3, -0.25) is 4.79 Å². The molecule has 0 aromatic rings. The summed E-state index contributed by atoms with van der Waals surface area (Å²) >= 11 is 0. The van der Waals surface area contributed by atoms with Crippen LogP contribution in [0.25, 0.3) is 0 Å². The molecule has 0 aromatic heterocycles. The third kappa shape index (κ3) is 0.891. The molecule has 2 heterocycles. The van der Waals surface area contributed by atoms with E-state index in [0.29, 0.717) is 23.9 Å². The highest BCUT2D eigenvalue weighted by molar-refractivity contribution is 5.81. The van der Waals surface area contributed by atoms with Crippen LogP contribution < -0.4 is 5.32 Å². The van der Waals surface area contributed by atoms with Crippen molar-refractivity contribution in [2.75, 3.05) is 13.1 Å². The van der Waals surface area contributed by atoms with Gasteiger partial charge in [-0.2, -0.15) is 0 Å². The first-order valence-electron chi connectivity index (χ1n) is 4.88. The topological polar surface area (TPSA) is 32.3 Å². The van der Waals surface area contributed by atoms with E-state index in [1.54, 1.807) is 0 Å². The van der Waals surface area contributed by atoms with Gasteiger partial charge in [0.25, 0.3) is 0 Å². The van der Waals surface area contributed by atoms with Crippen molar-refractivity contribution < 1.29 is 4.79 Å². The van der Waals surface area contributed by atoms with Gasteiger partial charge >= 0.3 is 0 Å². The summed E-state index contributed by atoms with van der Waals surface area (Å²) in [4.78, 5) is 13.8. The number of carbonyl (C=O) groups is 1. The molecule has 0 radical (unpaired) electrons. The highest BCUT2D eigenvalue weighted by atomic mass is 16.2. The molecule has 2 saturated heterocycles. The number of nitrogens with one attached hydrogen (secondary N) is 1. The Morgan fingerprint density at radius 2 is 2.25 bits per heavy atom. The third-order valence-electron chi connectivity index (χ3n) is 3.27. The highest BCUT2D eigenvalue weighted by Crippen LogP contribution is 2.34. The van der Waals surface area contributed by atoms with Crippen LogP contribution in [0, 0.1) is 5.92 Å². The molecule has 12 heavy (non-hydrogen) atoms. The second-order valence-electron chi connectivity index (χ2n) is 4.26. The summed E-state index contributed by atoms with van der Waals surface area (Å²) in [6, 6.07) is 1.14. The summed E-state index contributed by atoms with van der Waals surface area (Å²) in [5.74, 6) is 0.841. The Labute approximate surface area is 72.1 Å². The molecule has 3 fully saturated rings. The number of hydrogen-bond donors (Lipinski definition) is 1. The van der Waals surface area contributed by atoms with Gasteiger partial charge in [0, 0.05) is 31.1 Å². The van der Waals surface area contributed by atoms with Crippen molar-refractivity contribution >= 4 is 5.91 Å². The van der Waals surface area contributed by atoms with E-state index in [-0.39, 0.29) is 0 Å². The number of fused-ring (bicyclic) bond motifs is 2. The van der Waals surface area contributed by atoms with Crippen molar-refractivity contribution in [2.24, 2.45) is 5.92 Å². The first kappa shape index (κ1) is 6.89.